The lowest BCUT2D eigenvalue weighted by Crippen LogP contribution is -1.97. The summed E-state index contributed by atoms with van der Waals surface area (Å²) in [6.45, 7) is 1.65. The first-order valence-electron chi connectivity index (χ1n) is 3.91. The number of halogens is 1. The van der Waals surface area contributed by atoms with Crippen molar-refractivity contribution in [2.75, 3.05) is 6.26 Å². The van der Waals surface area contributed by atoms with Crippen LogP contribution in [0.15, 0.2) is 22.1 Å². The maximum absolute atomic E-state index is 11.3. The fourth-order valence-corrected chi connectivity index (χ4v) is 1.92. The molecule has 0 heterocycles. The number of nitrogens with zero attached hydrogens (tertiary/aromatic N) is 3. The van der Waals surface area contributed by atoms with E-state index in [1.54, 1.807) is 6.92 Å². The van der Waals surface area contributed by atoms with Crippen molar-refractivity contribution in [2.45, 2.75) is 11.8 Å². The predicted octanol–water partition coefficient (Wildman–Crippen LogP) is 2.99. The molecule has 1 rings (SSSR count). The van der Waals surface area contributed by atoms with E-state index >= 15 is 0 Å². The Morgan fingerprint density at radius 3 is 2.53 bits per heavy atom. The van der Waals surface area contributed by atoms with E-state index in [1.165, 1.54) is 12.1 Å². The van der Waals surface area contributed by atoms with E-state index in [1.807, 2.05) is 0 Å². The Balaban J connectivity index is 3.56. The molecule has 0 bridgehead atoms. The predicted molar refractivity (Wildman–Crippen MR) is 58.1 cm³/mol. The Hall–Kier alpha value is -1.23. The van der Waals surface area contributed by atoms with Crippen molar-refractivity contribution < 1.29 is 8.42 Å². The van der Waals surface area contributed by atoms with Crippen molar-refractivity contribution in [3.05, 3.63) is 33.2 Å². The van der Waals surface area contributed by atoms with Crippen LogP contribution in [0.5, 0.6) is 0 Å². The average Bonchev–Trinajstić information content (AvgIpc) is 2.11. The molecular weight excluding hydrogens is 238 g/mol. The molecule has 80 valence electrons. The Labute approximate surface area is 92.2 Å². The number of rotatable bonds is 2. The number of azide groups is 1. The molecule has 0 aliphatic carbocycles. The summed E-state index contributed by atoms with van der Waals surface area (Å²) in [5.41, 5.74) is 8.96. The van der Waals surface area contributed by atoms with E-state index in [0.29, 0.717) is 5.56 Å². The van der Waals surface area contributed by atoms with Gasteiger partial charge in [-0.1, -0.05) is 16.7 Å². The highest BCUT2D eigenvalue weighted by Crippen LogP contribution is 2.31. The van der Waals surface area contributed by atoms with Gasteiger partial charge in [0.15, 0.2) is 9.84 Å². The van der Waals surface area contributed by atoms with Crippen LogP contribution in [-0.2, 0) is 9.84 Å². The molecule has 7 heteroatoms. The van der Waals surface area contributed by atoms with E-state index in [4.69, 9.17) is 17.1 Å². The molecule has 1 aromatic carbocycles. The van der Waals surface area contributed by atoms with E-state index in [-0.39, 0.29) is 15.6 Å². The fraction of sp³-hybridized carbons (Fsp3) is 0.250. The molecule has 0 radical (unpaired) electrons. The van der Waals surface area contributed by atoms with Gasteiger partial charge in [0.25, 0.3) is 0 Å². The first-order chi connectivity index (χ1) is 6.86. The first kappa shape index (κ1) is 11.8. The summed E-state index contributed by atoms with van der Waals surface area (Å²) in [6.07, 6.45) is 1.08. The number of hydrogen-bond donors (Lipinski definition) is 0. The summed E-state index contributed by atoms with van der Waals surface area (Å²) in [6, 6.07) is 2.69. The fourth-order valence-electron chi connectivity index (χ4n) is 1.05. The lowest BCUT2D eigenvalue weighted by atomic mass is 10.2. The lowest BCUT2D eigenvalue weighted by Gasteiger charge is -2.05. The van der Waals surface area contributed by atoms with E-state index in [2.05, 4.69) is 10.0 Å². The monoisotopic (exact) mass is 245 g/mol. The molecule has 0 atom stereocenters. The highest BCUT2D eigenvalue weighted by molar-refractivity contribution is 7.90. The van der Waals surface area contributed by atoms with Gasteiger partial charge in [0.1, 0.15) is 0 Å². The molecule has 0 aromatic heterocycles. The Bertz CT molecular complexity index is 547. The zero-order valence-electron chi connectivity index (χ0n) is 8.10. The van der Waals surface area contributed by atoms with Gasteiger partial charge in [0.05, 0.1) is 15.6 Å². The van der Waals surface area contributed by atoms with Crippen molar-refractivity contribution in [3.63, 3.8) is 0 Å². The Morgan fingerprint density at radius 2 is 2.07 bits per heavy atom. The van der Waals surface area contributed by atoms with Gasteiger partial charge in [-0.05, 0) is 30.2 Å². The van der Waals surface area contributed by atoms with E-state index < -0.39 is 9.84 Å². The number of hydrogen-bond acceptors (Lipinski definition) is 3. The van der Waals surface area contributed by atoms with Gasteiger partial charge in [-0.2, -0.15) is 0 Å². The Kier molecular flexibility index (Phi) is 3.24. The summed E-state index contributed by atoms with van der Waals surface area (Å²) < 4.78 is 22.6. The number of sulfone groups is 1. The van der Waals surface area contributed by atoms with Crippen molar-refractivity contribution >= 4 is 27.1 Å². The molecule has 0 saturated heterocycles. The maximum Gasteiger partial charge on any atom is 0.175 e. The van der Waals surface area contributed by atoms with Crippen LogP contribution in [0.2, 0.25) is 5.02 Å². The summed E-state index contributed by atoms with van der Waals surface area (Å²) in [4.78, 5) is 2.67. The van der Waals surface area contributed by atoms with Crippen LogP contribution in [-0.4, -0.2) is 14.7 Å². The van der Waals surface area contributed by atoms with Crippen molar-refractivity contribution in [2.24, 2.45) is 5.11 Å². The Morgan fingerprint density at radius 1 is 1.47 bits per heavy atom. The van der Waals surface area contributed by atoms with Gasteiger partial charge in [0, 0.05) is 11.2 Å². The van der Waals surface area contributed by atoms with Crippen LogP contribution >= 0.6 is 11.6 Å². The molecule has 0 amide bonds. The third-order valence-electron chi connectivity index (χ3n) is 1.79. The minimum absolute atomic E-state index is 0.0896. The van der Waals surface area contributed by atoms with Crippen LogP contribution in [0, 0.1) is 6.92 Å². The molecule has 0 N–H and O–H groups in total. The zero-order chi connectivity index (χ0) is 11.6. The third kappa shape index (κ3) is 2.62. The van der Waals surface area contributed by atoms with Crippen LogP contribution in [0.3, 0.4) is 0 Å². The van der Waals surface area contributed by atoms with Gasteiger partial charge in [-0.15, -0.1) is 0 Å². The smallest absolute Gasteiger partial charge is 0.175 e. The van der Waals surface area contributed by atoms with Crippen molar-refractivity contribution in [3.8, 4) is 0 Å². The molecule has 15 heavy (non-hydrogen) atoms. The van der Waals surface area contributed by atoms with Gasteiger partial charge >= 0.3 is 0 Å². The van der Waals surface area contributed by atoms with Crippen LogP contribution in [0.1, 0.15) is 5.56 Å². The minimum Gasteiger partial charge on any atom is -0.224 e. The number of aryl methyl sites for hydroxylation is 1. The summed E-state index contributed by atoms with van der Waals surface area (Å²) in [7, 11) is -3.32. The molecular formula is C8H8ClN3O2S. The molecule has 0 aliphatic rings. The highest BCUT2D eigenvalue weighted by atomic mass is 35.5. The second-order valence-electron chi connectivity index (χ2n) is 3.03. The molecule has 1 aromatic rings. The topological polar surface area (TPSA) is 82.9 Å². The zero-order valence-corrected chi connectivity index (χ0v) is 9.67. The summed E-state index contributed by atoms with van der Waals surface area (Å²) >= 11 is 5.83. The number of benzene rings is 1. The van der Waals surface area contributed by atoms with Crippen LogP contribution in [0.4, 0.5) is 5.69 Å². The highest BCUT2D eigenvalue weighted by Gasteiger charge is 2.11. The van der Waals surface area contributed by atoms with Crippen molar-refractivity contribution in [1.82, 2.24) is 0 Å². The second kappa shape index (κ2) is 4.10. The van der Waals surface area contributed by atoms with E-state index in [0.717, 1.165) is 6.26 Å². The standard InChI is InChI=1S/C8H8ClN3O2S/c1-5-3-6(15(2,13)14)4-7(8(5)9)11-12-10/h3-4H,1-2H3. The van der Waals surface area contributed by atoms with Gasteiger partial charge in [-0.25, -0.2) is 8.42 Å². The van der Waals surface area contributed by atoms with Gasteiger partial charge in [0.2, 0.25) is 0 Å². The third-order valence-corrected chi connectivity index (χ3v) is 3.37. The maximum atomic E-state index is 11.3. The average molecular weight is 246 g/mol. The van der Waals surface area contributed by atoms with Crippen LogP contribution in [0.25, 0.3) is 10.4 Å². The normalized spacial score (nSPS) is 10.9. The van der Waals surface area contributed by atoms with Crippen LogP contribution < -0.4 is 0 Å². The minimum atomic E-state index is -3.32. The largest absolute Gasteiger partial charge is 0.224 e. The molecule has 0 aliphatic heterocycles. The van der Waals surface area contributed by atoms with Crippen molar-refractivity contribution in [1.29, 1.82) is 0 Å². The first-order valence-corrected chi connectivity index (χ1v) is 6.18. The second-order valence-corrected chi connectivity index (χ2v) is 5.43. The summed E-state index contributed by atoms with van der Waals surface area (Å²) in [5.74, 6) is 0. The lowest BCUT2D eigenvalue weighted by molar-refractivity contribution is 0.602. The molecule has 5 nitrogen and oxygen atoms in total. The molecule has 0 fully saturated rings. The quantitative estimate of drug-likeness (QED) is 0.456. The molecule has 0 saturated carbocycles. The van der Waals surface area contributed by atoms with Gasteiger partial charge in [-0.3, -0.25) is 0 Å². The van der Waals surface area contributed by atoms with Gasteiger partial charge < -0.3 is 0 Å². The SMILES string of the molecule is Cc1cc(S(C)(=O)=O)cc(N=[N+]=[N-])c1Cl. The van der Waals surface area contributed by atoms with E-state index in [9.17, 15) is 8.42 Å². The summed E-state index contributed by atoms with van der Waals surface area (Å²) in [5, 5.41) is 3.59. The molecule has 0 spiro atoms. The molecule has 0 unspecified atom stereocenters.